The van der Waals surface area contributed by atoms with Crippen LogP contribution in [0.25, 0.3) is 0 Å². The van der Waals surface area contributed by atoms with Crippen molar-refractivity contribution >= 4 is 11.3 Å². The first kappa shape index (κ1) is 13.6. The molecular weight excluding hydrogens is 224 g/mol. The van der Waals surface area contributed by atoms with E-state index in [4.69, 9.17) is 4.74 Å². The summed E-state index contributed by atoms with van der Waals surface area (Å²) in [4.78, 5) is 4.27. The SMILES string of the molecule is CCOCC(O)CNC(CC)c1nccs1. The molecule has 0 saturated heterocycles. The van der Waals surface area contributed by atoms with Crippen LogP contribution in [0.3, 0.4) is 0 Å². The molecule has 0 aliphatic rings. The summed E-state index contributed by atoms with van der Waals surface area (Å²) >= 11 is 1.64. The molecule has 1 heterocycles. The van der Waals surface area contributed by atoms with Crippen molar-refractivity contribution in [3.8, 4) is 0 Å². The number of rotatable bonds is 8. The van der Waals surface area contributed by atoms with Crippen molar-refractivity contribution in [2.45, 2.75) is 32.4 Å². The van der Waals surface area contributed by atoms with Gasteiger partial charge < -0.3 is 15.2 Å². The van der Waals surface area contributed by atoms with Crippen LogP contribution in [0.15, 0.2) is 11.6 Å². The van der Waals surface area contributed by atoms with Gasteiger partial charge in [0.1, 0.15) is 5.01 Å². The van der Waals surface area contributed by atoms with Crippen molar-refractivity contribution < 1.29 is 9.84 Å². The molecule has 2 unspecified atom stereocenters. The molecule has 0 aromatic carbocycles. The van der Waals surface area contributed by atoms with E-state index in [1.807, 2.05) is 12.3 Å². The van der Waals surface area contributed by atoms with Crippen LogP contribution < -0.4 is 5.32 Å². The zero-order chi connectivity index (χ0) is 11.8. The van der Waals surface area contributed by atoms with E-state index in [1.54, 1.807) is 17.5 Å². The molecule has 92 valence electrons. The fourth-order valence-electron chi connectivity index (χ4n) is 1.40. The van der Waals surface area contributed by atoms with Gasteiger partial charge in [-0.3, -0.25) is 0 Å². The number of hydrogen-bond acceptors (Lipinski definition) is 5. The van der Waals surface area contributed by atoms with Crippen LogP contribution in [-0.2, 0) is 4.74 Å². The molecule has 0 spiro atoms. The van der Waals surface area contributed by atoms with Crippen LogP contribution in [0.4, 0.5) is 0 Å². The topological polar surface area (TPSA) is 54.4 Å². The smallest absolute Gasteiger partial charge is 0.109 e. The largest absolute Gasteiger partial charge is 0.389 e. The minimum absolute atomic E-state index is 0.233. The number of nitrogens with one attached hydrogen (secondary N) is 1. The van der Waals surface area contributed by atoms with Gasteiger partial charge in [0.25, 0.3) is 0 Å². The highest BCUT2D eigenvalue weighted by Crippen LogP contribution is 2.18. The van der Waals surface area contributed by atoms with E-state index in [0.29, 0.717) is 19.8 Å². The molecular formula is C11H20N2O2S. The molecule has 0 bridgehead atoms. The average Bonchev–Trinajstić information content (AvgIpc) is 2.81. The summed E-state index contributed by atoms with van der Waals surface area (Å²) < 4.78 is 5.15. The molecule has 1 rings (SSSR count). The lowest BCUT2D eigenvalue weighted by atomic mass is 10.2. The van der Waals surface area contributed by atoms with Gasteiger partial charge in [-0.15, -0.1) is 11.3 Å². The van der Waals surface area contributed by atoms with Gasteiger partial charge in [0.05, 0.1) is 18.8 Å². The van der Waals surface area contributed by atoms with Gasteiger partial charge >= 0.3 is 0 Å². The Hall–Kier alpha value is -0.490. The zero-order valence-corrected chi connectivity index (χ0v) is 10.7. The summed E-state index contributed by atoms with van der Waals surface area (Å²) in [6.07, 6.45) is 2.32. The molecule has 4 nitrogen and oxygen atoms in total. The van der Waals surface area contributed by atoms with Gasteiger partial charge in [0.2, 0.25) is 0 Å². The fraction of sp³-hybridized carbons (Fsp3) is 0.727. The number of nitrogens with zero attached hydrogens (tertiary/aromatic N) is 1. The van der Waals surface area contributed by atoms with E-state index < -0.39 is 6.10 Å². The van der Waals surface area contributed by atoms with Crippen LogP contribution in [0.1, 0.15) is 31.3 Å². The third-order valence-corrected chi connectivity index (χ3v) is 3.16. The maximum atomic E-state index is 9.62. The summed E-state index contributed by atoms with van der Waals surface area (Å²) in [6.45, 7) is 5.59. The molecule has 0 aliphatic heterocycles. The molecule has 0 saturated carbocycles. The van der Waals surface area contributed by atoms with Crippen molar-refractivity contribution in [1.82, 2.24) is 10.3 Å². The average molecular weight is 244 g/mol. The second kappa shape index (κ2) is 7.73. The minimum atomic E-state index is -0.450. The number of aliphatic hydroxyl groups is 1. The van der Waals surface area contributed by atoms with Crippen LogP contribution in [-0.4, -0.2) is 36.0 Å². The van der Waals surface area contributed by atoms with Gasteiger partial charge in [0.15, 0.2) is 0 Å². The van der Waals surface area contributed by atoms with Gasteiger partial charge in [-0.1, -0.05) is 6.92 Å². The predicted molar refractivity (Wildman–Crippen MR) is 65.6 cm³/mol. The Labute approximate surface area is 101 Å². The number of aromatic nitrogens is 1. The summed E-state index contributed by atoms with van der Waals surface area (Å²) in [5.74, 6) is 0. The van der Waals surface area contributed by atoms with Gasteiger partial charge in [-0.05, 0) is 13.3 Å². The molecule has 0 amide bonds. The maximum absolute atomic E-state index is 9.62. The third kappa shape index (κ3) is 4.57. The van der Waals surface area contributed by atoms with Gasteiger partial charge in [-0.25, -0.2) is 4.98 Å². The summed E-state index contributed by atoms with van der Waals surface area (Å²) in [5.41, 5.74) is 0. The van der Waals surface area contributed by atoms with Crippen LogP contribution in [0, 0.1) is 0 Å². The van der Waals surface area contributed by atoms with E-state index >= 15 is 0 Å². The monoisotopic (exact) mass is 244 g/mol. The van der Waals surface area contributed by atoms with E-state index in [2.05, 4.69) is 17.2 Å². The first-order chi connectivity index (χ1) is 7.77. The highest BCUT2D eigenvalue weighted by Gasteiger charge is 2.13. The van der Waals surface area contributed by atoms with E-state index in [9.17, 15) is 5.11 Å². The quantitative estimate of drug-likeness (QED) is 0.729. The van der Waals surface area contributed by atoms with Crippen LogP contribution in [0.2, 0.25) is 0 Å². The van der Waals surface area contributed by atoms with Gasteiger partial charge in [0, 0.05) is 24.7 Å². The number of thiazole rings is 1. The summed E-state index contributed by atoms with van der Waals surface area (Å²) in [5, 5.41) is 16.0. The van der Waals surface area contributed by atoms with Gasteiger partial charge in [-0.2, -0.15) is 0 Å². The second-order valence-corrected chi connectivity index (χ2v) is 4.48. The highest BCUT2D eigenvalue weighted by atomic mass is 32.1. The van der Waals surface area contributed by atoms with Crippen molar-refractivity contribution in [1.29, 1.82) is 0 Å². The predicted octanol–water partition coefficient (Wildman–Crippen LogP) is 1.58. The van der Waals surface area contributed by atoms with E-state index in [0.717, 1.165) is 11.4 Å². The van der Waals surface area contributed by atoms with Crippen LogP contribution in [0.5, 0.6) is 0 Å². The first-order valence-corrected chi connectivity index (χ1v) is 6.54. The lowest BCUT2D eigenvalue weighted by molar-refractivity contribution is 0.0413. The third-order valence-electron chi connectivity index (χ3n) is 2.27. The van der Waals surface area contributed by atoms with Crippen molar-refractivity contribution in [2.24, 2.45) is 0 Å². The molecule has 16 heavy (non-hydrogen) atoms. The molecule has 5 heteroatoms. The first-order valence-electron chi connectivity index (χ1n) is 5.66. The second-order valence-electron chi connectivity index (χ2n) is 3.55. The maximum Gasteiger partial charge on any atom is 0.109 e. The Morgan fingerprint density at radius 3 is 2.94 bits per heavy atom. The van der Waals surface area contributed by atoms with Crippen molar-refractivity contribution in [2.75, 3.05) is 19.8 Å². The fourth-order valence-corrected chi connectivity index (χ4v) is 2.20. The number of aliphatic hydroxyl groups excluding tert-OH is 1. The number of hydrogen-bond donors (Lipinski definition) is 2. The van der Waals surface area contributed by atoms with Crippen molar-refractivity contribution in [3.63, 3.8) is 0 Å². The molecule has 2 atom stereocenters. The Morgan fingerprint density at radius 2 is 2.38 bits per heavy atom. The van der Waals surface area contributed by atoms with Crippen molar-refractivity contribution in [3.05, 3.63) is 16.6 Å². The lowest BCUT2D eigenvalue weighted by Gasteiger charge is -2.17. The standard InChI is InChI=1S/C11H20N2O2S/c1-3-10(11-12-5-6-16-11)13-7-9(14)8-15-4-2/h5-6,9-10,13-14H,3-4,7-8H2,1-2H3. The van der Waals surface area contributed by atoms with E-state index in [1.165, 1.54) is 0 Å². The lowest BCUT2D eigenvalue weighted by Crippen LogP contribution is -2.32. The number of ether oxygens (including phenoxy) is 1. The highest BCUT2D eigenvalue weighted by molar-refractivity contribution is 7.09. The summed E-state index contributed by atoms with van der Waals surface area (Å²) in [6, 6.07) is 0.233. The normalized spacial score (nSPS) is 14.9. The Balaban J connectivity index is 2.29. The Morgan fingerprint density at radius 1 is 1.56 bits per heavy atom. The Kier molecular flexibility index (Phi) is 6.56. The molecule has 1 aromatic heterocycles. The molecule has 0 fully saturated rings. The van der Waals surface area contributed by atoms with Crippen LogP contribution >= 0.6 is 11.3 Å². The van der Waals surface area contributed by atoms with E-state index in [-0.39, 0.29) is 6.04 Å². The molecule has 0 radical (unpaired) electrons. The minimum Gasteiger partial charge on any atom is -0.389 e. The Bertz CT molecular complexity index is 267. The zero-order valence-electron chi connectivity index (χ0n) is 9.85. The summed E-state index contributed by atoms with van der Waals surface area (Å²) in [7, 11) is 0. The molecule has 1 aromatic rings. The molecule has 0 aliphatic carbocycles. The molecule has 2 N–H and O–H groups in total.